The first-order chi connectivity index (χ1) is 11.5. The minimum absolute atomic E-state index is 0.0226. The Kier molecular flexibility index (Phi) is 7.02. The molecular weight excluding hydrogens is 374 g/mol. The third kappa shape index (κ3) is 4.92. The number of aliphatic hydroxyl groups is 1. The molecule has 1 atom stereocenters. The number of benzene rings is 1. The highest BCUT2D eigenvalue weighted by Crippen LogP contribution is 2.27. The topological polar surface area (TPSA) is 84.9 Å². The van der Waals surface area contributed by atoms with Crippen molar-refractivity contribution in [1.82, 2.24) is 4.72 Å². The zero-order valence-electron chi connectivity index (χ0n) is 12.9. The van der Waals surface area contributed by atoms with Crippen molar-refractivity contribution in [2.75, 3.05) is 26.9 Å². The number of thiophene rings is 1. The number of halogens is 1. The van der Waals surface area contributed by atoms with Crippen molar-refractivity contribution in [2.24, 2.45) is 0 Å². The third-order valence-corrected chi connectivity index (χ3v) is 5.58. The van der Waals surface area contributed by atoms with E-state index in [1.807, 2.05) is 16.8 Å². The van der Waals surface area contributed by atoms with Crippen molar-refractivity contribution in [3.63, 3.8) is 0 Å². The van der Waals surface area contributed by atoms with Crippen molar-refractivity contribution in [2.45, 2.75) is 11.0 Å². The monoisotopic (exact) mass is 391 g/mol. The Bertz CT molecular complexity index is 749. The van der Waals surface area contributed by atoms with Crippen molar-refractivity contribution >= 4 is 33.0 Å². The van der Waals surface area contributed by atoms with Gasteiger partial charge in [-0.3, -0.25) is 0 Å². The van der Waals surface area contributed by atoms with Gasteiger partial charge in [-0.2, -0.15) is 11.3 Å². The Balaban J connectivity index is 2.17. The van der Waals surface area contributed by atoms with Crippen LogP contribution in [0, 0.1) is 0 Å². The zero-order chi connectivity index (χ0) is 17.6. The Hall–Kier alpha value is -1.16. The molecule has 1 aromatic carbocycles. The Morgan fingerprint density at radius 3 is 2.79 bits per heavy atom. The lowest BCUT2D eigenvalue weighted by atomic mass is 10.2. The Labute approximate surface area is 150 Å². The number of ether oxygens (including phenoxy) is 2. The van der Waals surface area contributed by atoms with E-state index in [0.29, 0.717) is 5.02 Å². The van der Waals surface area contributed by atoms with E-state index < -0.39 is 16.1 Å². The van der Waals surface area contributed by atoms with Crippen LogP contribution in [-0.2, 0) is 14.8 Å². The first-order valence-electron chi connectivity index (χ1n) is 7.05. The molecule has 24 heavy (non-hydrogen) atoms. The van der Waals surface area contributed by atoms with Gasteiger partial charge in [0.05, 0.1) is 26.4 Å². The second-order valence-electron chi connectivity index (χ2n) is 4.79. The van der Waals surface area contributed by atoms with E-state index in [2.05, 4.69) is 4.72 Å². The second-order valence-corrected chi connectivity index (χ2v) is 7.74. The largest absolute Gasteiger partial charge is 0.495 e. The van der Waals surface area contributed by atoms with Gasteiger partial charge in [-0.05, 0) is 40.6 Å². The van der Waals surface area contributed by atoms with Crippen molar-refractivity contribution in [3.8, 4) is 5.75 Å². The fourth-order valence-corrected chi connectivity index (χ4v) is 4.21. The van der Waals surface area contributed by atoms with Gasteiger partial charge in [0, 0.05) is 11.6 Å². The standard InChI is InChI=1S/C15H18ClNO5S2/c1-21-13-3-2-12(16)8-15(13)24(19,20)17-9-14(22-6-5-18)11-4-7-23-10-11/h2-4,7-8,10,14,17-18H,5-6,9H2,1H3. The maximum absolute atomic E-state index is 12.6. The molecule has 0 spiro atoms. The lowest BCUT2D eigenvalue weighted by Gasteiger charge is -2.18. The lowest BCUT2D eigenvalue weighted by molar-refractivity contribution is 0.0311. The number of nitrogens with one attached hydrogen (secondary N) is 1. The molecule has 9 heteroatoms. The predicted octanol–water partition coefficient (Wildman–Crippen LogP) is 2.44. The van der Waals surface area contributed by atoms with Gasteiger partial charge in [-0.25, -0.2) is 13.1 Å². The molecule has 6 nitrogen and oxygen atoms in total. The minimum Gasteiger partial charge on any atom is -0.495 e. The van der Waals surface area contributed by atoms with Gasteiger partial charge >= 0.3 is 0 Å². The summed E-state index contributed by atoms with van der Waals surface area (Å²) >= 11 is 7.38. The van der Waals surface area contributed by atoms with Gasteiger partial charge in [0.2, 0.25) is 10.0 Å². The molecule has 0 bridgehead atoms. The summed E-state index contributed by atoms with van der Waals surface area (Å²) in [5, 5.41) is 13.0. The van der Waals surface area contributed by atoms with Crippen molar-refractivity contribution in [1.29, 1.82) is 0 Å². The average molecular weight is 392 g/mol. The molecule has 1 heterocycles. The Morgan fingerprint density at radius 2 is 2.17 bits per heavy atom. The first kappa shape index (κ1) is 19.2. The van der Waals surface area contributed by atoms with E-state index in [1.165, 1.54) is 30.6 Å². The van der Waals surface area contributed by atoms with Gasteiger partial charge in [0.1, 0.15) is 10.6 Å². The minimum atomic E-state index is -3.84. The molecule has 2 aromatic rings. The van der Waals surface area contributed by atoms with Crippen molar-refractivity contribution in [3.05, 3.63) is 45.6 Å². The van der Waals surface area contributed by atoms with Crippen molar-refractivity contribution < 1.29 is 23.0 Å². The van der Waals surface area contributed by atoms with Gasteiger partial charge in [-0.15, -0.1) is 0 Å². The molecule has 0 aliphatic rings. The molecule has 0 saturated heterocycles. The first-order valence-corrected chi connectivity index (χ1v) is 9.86. The van der Waals surface area contributed by atoms with Crippen LogP contribution in [0.2, 0.25) is 5.02 Å². The van der Waals surface area contributed by atoms with Gasteiger partial charge in [-0.1, -0.05) is 11.6 Å². The predicted molar refractivity (Wildman–Crippen MR) is 93.3 cm³/mol. The maximum Gasteiger partial charge on any atom is 0.244 e. The van der Waals surface area contributed by atoms with E-state index in [9.17, 15) is 8.42 Å². The highest BCUT2D eigenvalue weighted by Gasteiger charge is 2.22. The van der Waals surface area contributed by atoms with E-state index in [0.717, 1.165) is 5.56 Å². The van der Waals surface area contributed by atoms with Crippen LogP contribution in [0.4, 0.5) is 0 Å². The van der Waals surface area contributed by atoms with Crippen LogP contribution in [0.3, 0.4) is 0 Å². The molecule has 0 aliphatic heterocycles. The summed E-state index contributed by atoms with van der Waals surface area (Å²) in [6.45, 7) is -0.00698. The number of methoxy groups -OCH3 is 1. The summed E-state index contributed by atoms with van der Waals surface area (Å²) < 4.78 is 38.2. The molecule has 2 N–H and O–H groups in total. The molecule has 2 rings (SSSR count). The van der Waals surface area contributed by atoms with E-state index >= 15 is 0 Å². The molecule has 1 unspecified atom stereocenters. The molecule has 0 aliphatic carbocycles. The van der Waals surface area contributed by atoms with Crippen LogP contribution in [-0.4, -0.2) is 40.4 Å². The van der Waals surface area contributed by atoms with Crippen LogP contribution in [0.15, 0.2) is 39.9 Å². The molecule has 0 amide bonds. The second kappa shape index (κ2) is 8.80. The van der Waals surface area contributed by atoms with E-state index in [-0.39, 0.29) is 30.4 Å². The summed E-state index contributed by atoms with van der Waals surface area (Å²) in [5.41, 5.74) is 0.842. The molecule has 0 radical (unpaired) electrons. The zero-order valence-corrected chi connectivity index (χ0v) is 15.3. The SMILES string of the molecule is COc1ccc(Cl)cc1S(=O)(=O)NCC(OCCO)c1ccsc1. The van der Waals surface area contributed by atoms with Gasteiger partial charge < -0.3 is 14.6 Å². The smallest absolute Gasteiger partial charge is 0.244 e. The molecular formula is C15H18ClNO5S2. The summed E-state index contributed by atoms with van der Waals surface area (Å²) in [6.07, 6.45) is -0.497. The number of aliphatic hydroxyl groups excluding tert-OH is 1. The highest BCUT2D eigenvalue weighted by atomic mass is 35.5. The highest BCUT2D eigenvalue weighted by molar-refractivity contribution is 7.89. The maximum atomic E-state index is 12.6. The van der Waals surface area contributed by atoms with Crippen LogP contribution in [0.25, 0.3) is 0 Å². The fraction of sp³-hybridized carbons (Fsp3) is 0.333. The summed E-state index contributed by atoms with van der Waals surface area (Å²) in [5.74, 6) is 0.204. The van der Waals surface area contributed by atoms with Gasteiger partial charge in [0.15, 0.2) is 0 Å². The molecule has 132 valence electrons. The summed E-state index contributed by atoms with van der Waals surface area (Å²) in [6, 6.07) is 6.23. The van der Waals surface area contributed by atoms with Crippen LogP contribution in [0.5, 0.6) is 5.75 Å². The summed E-state index contributed by atoms with van der Waals surface area (Å²) in [4.78, 5) is -0.0382. The number of rotatable bonds is 9. The molecule has 1 aromatic heterocycles. The number of sulfonamides is 1. The number of hydrogen-bond donors (Lipinski definition) is 2. The van der Waals surface area contributed by atoms with Crippen LogP contribution in [0.1, 0.15) is 11.7 Å². The quantitative estimate of drug-likeness (QED) is 0.685. The van der Waals surface area contributed by atoms with E-state index in [1.54, 1.807) is 6.07 Å². The molecule has 0 fully saturated rings. The fourth-order valence-electron chi connectivity index (χ4n) is 2.05. The third-order valence-electron chi connectivity index (χ3n) is 3.20. The van der Waals surface area contributed by atoms with Gasteiger partial charge in [0.25, 0.3) is 0 Å². The van der Waals surface area contributed by atoms with E-state index in [4.69, 9.17) is 26.2 Å². The van der Waals surface area contributed by atoms with Crippen LogP contribution < -0.4 is 9.46 Å². The number of hydrogen-bond acceptors (Lipinski definition) is 6. The summed E-state index contributed by atoms with van der Waals surface area (Å²) in [7, 11) is -2.45. The average Bonchev–Trinajstić information content (AvgIpc) is 3.09. The normalized spacial score (nSPS) is 13.0. The molecule has 0 saturated carbocycles. The Morgan fingerprint density at radius 1 is 1.38 bits per heavy atom. The van der Waals surface area contributed by atoms with Crippen LogP contribution >= 0.6 is 22.9 Å². The lowest BCUT2D eigenvalue weighted by Crippen LogP contribution is -2.30.